The van der Waals surface area contributed by atoms with Crippen LogP contribution in [0.15, 0.2) is 240 Å². The van der Waals surface area contributed by atoms with Crippen molar-refractivity contribution in [2.24, 2.45) is 0 Å². The van der Waals surface area contributed by atoms with E-state index in [1.165, 1.54) is 31.6 Å². The van der Waals surface area contributed by atoms with Crippen molar-refractivity contribution in [2.45, 2.75) is 9.79 Å². The summed E-state index contributed by atoms with van der Waals surface area (Å²) in [5, 5.41) is 0. The van der Waals surface area contributed by atoms with Gasteiger partial charge < -0.3 is 19.3 Å². The lowest BCUT2D eigenvalue weighted by atomic mass is 9.31. The zero-order chi connectivity index (χ0) is 44.0. The molecule has 4 aliphatic rings. The van der Waals surface area contributed by atoms with E-state index >= 15 is 0 Å². The number of rotatable bonds is 6. The van der Waals surface area contributed by atoms with E-state index in [0.717, 1.165) is 90.3 Å². The number of hydrogen-bond acceptors (Lipinski definition) is 5. The largest absolute Gasteiger partial charge is 0.458 e. The molecule has 0 saturated carbocycles. The van der Waals surface area contributed by atoms with Crippen molar-refractivity contribution in [3.63, 3.8) is 0 Å². The lowest BCUT2D eigenvalue weighted by Crippen LogP contribution is -2.63. The Bertz CT molecular complexity index is 3550. The Morgan fingerprint density at radius 3 is 1.70 bits per heavy atom. The van der Waals surface area contributed by atoms with Crippen LogP contribution in [0, 0.1) is 0 Å². The zero-order valence-electron chi connectivity index (χ0n) is 36.2. The molecule has 0 saturated heterocycles. The Morgan fingerprint density at radius 2 is 0.940 bits per heavy atom. The molecule has 67 heavy (non-hydrogen) atoms. The van der Waals surface area contributed by atoms with Gasteiger partial charge in [0.2, 0.25) is 0 Å². The maximum Gasteiger partial charge on any atom is 0.256 e. The van der Waals surface area contributed by atoms with Crippen molar-refractivity contribution in [3.05, 3.63) is 231 Å². The van der Waals surface area contributed by atoms with Crippen LogP contribution in [0.25, 0.3) is 22.3 Å². The molecule has 0 atom stereocenters. The van der Waals surface area contributed by atoms with Crippen LogP contribution in [0.1, 0.15) is 0 Å². The van der Waals surface area contributed by atoms with Crippen LogP contribution in [0.2, 0.25) is 0 Å². The normalized spacial score (nSPS) is 13.2. The Kier molecular flexibility index (Phi) is 8.68. The molecule has 0 aromatic heterocycles. The monoisotopic (exact) mass is 872 g/mol. The molecule has 0 bridgehead atoms. The average molecular weight is 873 g/mol. The summed E-state index contributed by atoms with van der Waals surface area (Å²) in [7, 11) is 0. The zero-order valence-corrected chi connectivity index (χ0v) is 37.0. The highest BCUT2D eigenvalue weighted by atomic mass is 32.2. The highest BCUT2D eigenvalue weighted by molar-refractivity contribution is 8.00. The Hall–Kier alpha value is -8.12. The minimum Gasteiger partial charge on any atom is -0.458 e. The van der Waals surface area contributed by atoms with E-state index in [-0.39, 0.29) is 13.4 Å². The number of anilines is 6. The maximum absolute atomic E-state index is 7.43. The minimum atomic E-state index is -0.0954. The molecule has 10 aromatic carbocycles. The first-order valence-electron chi connectivity index (χ1n) is 22.9. The van der Waals surface area contributed by atoms with Gasteiger partial charge in [-0.15, -0.1) is 0 Å². The van der Waals surface area contributed by atoms with Crippen molar-refractivity contribution < 1.29 is 9.47 Å². The van der Waals surface area contributed by atoms with E-state index in [1.807, 2.05) is 11.8 Å². The highest BCUT2D eigenvalue weighted by Crippen LogP contribution is 2.48. The van der Waals surface area contributed by atoms with Crippen molar-refractivity contribution >= 4 is 92.1 Å². The number of para-hydroxylation sites is 4. The molecular weight excluding hydrogens is 834 g/mol. The molecular formula is C60H38B2N2O2S. The van der Waals surface area contributed by atoms with E-state index in [9.17, 15) is 0 Å². The summed E-state index contributed by atoms with van der Waals surface area (Å²) in [5.41, 5.74) is 18.2. The van der Waals surface area contributed by atoms with Crippen LogP contribution in [0.5, 0.6) is 23.0 Å². The van der Waals surface area contributed by atoms with Gasteiger partial charge in [0.15, 0.2) is 0 Å². The van der Waals surface area contributed by atoms with E-state index < -0.39 is 0 Å². The third-order valence-corrected chi connectivity index (χ3v) is 14.9. The maximum atomic E-state index is 7.43. The third kappa shape index (κ3) is 6.05. The second-order valence-electron chi connectivity index (χ2n) is 17.6. The van der Waals surface area contributed by atoms with Crippen molar-refractivity contribution in [1.29, 1.82) is 0 Å². The summed E-state index contributed by atoms with van der Waals surface area (Å²) in [6.45, 7) is -0.143. The van der Waals surface area contributed by atoms with Gasteiger partial charge in [0, 0.05) is 50.2 Å². The molecule has 7 heteroatoms. The number of benzene rings is 10. The number of hydrogen-bond donors (Lipinski definition) is 0. The average Bonchev–Trinajstić information content (AvgIpc) is 3.39. The minimum absolute atomic E-state index is 0.0473. The fraction of sp³-hybridized carbons (Fsp3) is 0. The van der Waals surface area contributed by atoms with Crippen molar-refractivity contribution in [1.82, 2.24) is 0 Å². The van der Waals surface area contributed by atoms with Gasteiger partial charge in [-0.05, 0) is 105 Å². The van der Waals surface area contributed by atoms with Crippen LogP contribution in [-0.2, 0) is 0 Å². The summed E-state index contributed by atoms with van der Waals surface area (Å²) < 4.78 is 14.4. The van der Waals surface area contributed by atoms with Crippen LogP contribution in [0.4, 0.5) is 34.1 Å². The smallest absolute Gasteiger partial charge is 0.256 e. The Balaban J connectivity index is 1.04. The van der Waals surface area contributed by atoms with Crippen molar-refractivity contribution in [2.75, 3.05) is 9.80 Å². The molecule has 312 valence electrons. The van der Waals surface area contributed by atoms with Crippen LogP contribution in [-0.4, -0.2) is 13.4 Å². The molecule has 4 heterocycles. The van der Waals surface area contributed by atoms with E-state index in [2.05, 4.69) is 240 Å². The fourth-order valence-electron chi connectivity index (χ4n) is 10.9. The fourth-order valence-corrected chi connectivity index (χ4v) is 12.1. The molecule has 10 aromatic rings. The summed E-state index contributed by atoms with van der Waals surface area (Å²) in [6, 6.07) is 83.0. The van der Waals surface area contributed by atoms with E-state index in [0.29, 0.717) is 0 Å². The van der Waals surface area contributed by atoms with Gasteiger partial charge in [-0.25, -0.2) is 0 Å². The lowest BCUT2D eigenvalue weighted by molar-refractivity contribution is 0.486. The summed E-state index contributed by atoms with van der Waals surface area (Å²) in [6.07, 6.45) is 0. The molecule has 0 N–H and O–H groups in total. The van der Waals surface area contributed by atoms with Gasteiger partial charge in [-0.1, -0.05) is 175 Å². The summed E-state index contributed by atoms with van der Waals surface area (Å²) in [5.74, 6) is 3.50. The Morgan fingerprint density at radius 1 is 0.343 bits per heavy atom. The van der Waals surface area contributed by atoms with Gasteiger partial charge in [-0.3, -0.25) is 0 Å². The molecule has 0 aliphatic carbocycles. The molecule has 4 aliphatic heterocycles. The first-order chi connectivity index (χ1) is 33.2. The lowest BCUT2D eigenvalue weighted by Gasteiger charge is -2.42. The second kappa shape index (κ2) is 15.2. The first kappa shape index (κ1) is 38.2. The third-order valence-electron chi connectivity index (χ3n) is 13.8. The summed E-state index contributed by atoms with van der Waals surface area (Å²) in [4.78, 5) is 7.28. The van der Waals surface area contributed by atoms with Gasteiger partial charge in [0.05, 0.1) is 11.4 Å². The van der Waals surface area contributed by atoms with E-state index in [4.69, 9.17) is 9.47 Å². The quantitative estimate of drug-likeness (QED) is 0.155. The SMILES string of the molecule is c1ccc(-c2cc3c4c(c2)N(c2ccccc2-c2ccccc2)c2cc5c(cc2B4c2ccccc2O3)B2c3ccccc3Sc3cc(N(c4ccccc4)c4ccccc4)cc(c32)O5)cc1. The Labute approximate surface area is 394 Å². The molecule has 4 nitrogen and oxygen atoms in total. The number of fused-ring (bicyclic) bond motifs is 8. The molecule has 0 unspecified atom stereocenters. The topological polar surface area (TPSA) is 24.9 Å². The molecule has 0 fully saturated rings. The van der Waals surface area contributed by atoms with Crippen LogP contribution in [0.3, 0.4) is 0 Å². The standard InChI is InChI=1S/C60H38B2N2O2S/c1-5-19-39(20-6-1)41-33-52-59-55(34-41)65-53-31-17-14-28-46(53)61(59)48-37-49-54(38-51(48)64(52)50-30-16-13-27-45(50)40-21-7-2-8-22-40)66-56-35-44(36-58-60(56)62(49)47-29-15-18-32-57(47)67-58)63(42-23-9-3-10-24-42)43-25-11-4-12-26-43/h1-38H. The van der Waals surface area contributed by atoms with Gasteiger partial charge in [0.25, 0.3) is 13.4 Å². The number of nitrogens with zero attached hydrogens (tertiary/aromatic N) is 2. The van der Waals surface area contributed by atoms with Gasteiger partial charge in [-0.2, -0.15) is 0 Å². The molecule has 0 radical (unpaired) electrons. The highest BCUT2D eigenvalue weighted by Gasteiger charge is 2.46. The van der Waals surface area contributed by atoms with Crippen LogP contribution < -0.4 is 52.1 Å². The van der Waals surface area contributed by atoms with Gasteiger partial charge in [0.1, 0.15) is 23.0 Å². The predicted octanol–water partition coefficient (Wildman–Crippen LogP) is 12.0. The molecule has 14 rings (SSSR count). The van der Waals surface area contributed by atoms with Gasteiger partial charge >= 0.3 is 0 Å². The molecule has 0 amide bonds. The van der Waals surface area contributed by atoms with E-state index in [1.54, 1.807) is 0 Å². The molecule has 0 spiro atoms. The number of ether oxygens (including phenoxy) is 2. The first-order valence-corrected chi connectivity index (χ1v) is 23.7. The van der Waals surface area contributed by atoms with Crippen LogP contribution >= 0.6 is 11.8 Å². The predicted molar refractivity (Wildman–Crippen MR) is 280 cm³/mol. The second-order valence-corrected chi connectivity index (χ2v) is 18.6. The van der Waals surface area contributed by atoms with Crippen molar-refractivity contribution in [3.8, 4) is 45.3 Å². The summed E-state index contributed by atoms with van der Waals surface area (Å²) >= 11 is 1.84.